The Morgan fingerprint density at radius 3 is 2.08 bits per heavy atom. The number of rotatable bonds is 3. The topological polar surface area (TPSA) is 60.1 Å². The molecule has 2 aromatic heterocycles. The van der Waals surface area contributed by atoms with E-state index in [4.69, 9.17) is 14.3 Å². The smallest absolute Gasteiger partial charge is 0.237 e. The lowest BCUT2D eigenvalue weighted by molar-refractivity contribution is 0.676. The maximum absolute atomic E-state index is 14.9. The van der Waals surface area contributed by atoms with E-state index in [-0.39, 0.29) is 0 Å². The van der Waals surface area contributed by atoms with Gasteiger partial charge in [0.1, 0.15) is 9.73 Å². The Morgan fingerprint density at radius 1 is 0.600 bits per heavy atom. The summed E-state index contributed by atoms with van der Waals surface area (Å²) in [7, 11) is -2.98. The van der Waals surface area contributed by atoms with Gasteiger partial charge >= 0.3 is 0 Å². The number of fused-ring (bicyclic) bond motifs is 6. The summed E-state index contributed by atoms with van der Waals surface area (Å²) >= 11 is 0. The zero-order valence-corrected chi connectivity index (χ0v) is 22.1. The van der Waals surface area contributed by atoms with Crippen LogP contribution in [-0.2, 0) is 9.73 Å². The van der Waals surface area contributed by atoms with E-state index in [1.54, 1.807) is 0 Å². The summed E-state index contributed by atoms with van der Waals surface area (Å²) in [5, 5.41) is 1.99. The molecule has 190 valence electrons. The SMILES string of the molecule is O=S1(c2ccccc2)=Nc2c(c3ccccc3n2-c2nc(-c3ccccc3)c3ccccc3n2)-c2ccccc21. The molecular formula is C34H22N4OS. The van der Waals surface area contributed by atoms with Gasteiger partial charge in [-0.15, -0.1) is 0 Å². The fourth-order valence-corrected chi connectivity index (χ4v) is 7.76. The van der Waals surface area contributed by atoms with Crippen LogP contribution in [0.25, 0.3) is 50.1 Å². The molecule has 1 unspecified atom stereocenters. The van der Waals surface area contributed by atoms with E-state index >= 15 is 0 Å². The molecule has 40 heavy (non-hydrogen) atoms. The molecule has 1 aliphatic rings. The van der Waals surface area contributed by atoms with Gasteiger partial charge in [-0.05, 0) is 30.3 Å². The lowest BCUT2D eigenvalue weighted by atomic mass is 10.0. The van der Waals surface area contributed by atoms with Crippen LogP contribution in [-0.4, -0.2) is 18.7 Å². The van der Waals surface area contributed by atoms with E-state index in [0.29, 0.717) is 16.7 Å². The van der Waals surface area contributed by atoms with E-state index in [9.17, 15) is 4.21 Å². The minimum atomic E-state index is -2.98. The quantitative estimate of drug-likeness (QED) is 0.228. The minimum Gasteiger partial charge on any atom is -0.261 e. The predicted octanol–water partition coefficient (Wildman–Crippen LogP) is 8.44. The maximum atomic E-state index is 14.9. The van der Waals surface area contributed by atoms with Gasteiger partial charge in [0.25, 0.3) is 0 Å². The second kappa shape index (κ2) is 8.73. The molecule has 0 amide bonds. The molecule has 5 nitrogen and oxygen atoms in total. The largest absolute Gasteiger partial charge is 0.261 e. The van der Waals surface area contributed by atoms with Crippen molar-refractivity contribution in [2.45, 2.75) is 9.79 Å². The molecule has 0 spiro atoms. The molecule has 0 radical (unpaired) electrons. The normalized spacial score (nSPS) is 15.9. The van der Waals surface area contributed by atoms with Crippen LogP contribution in [0.2, 0.25) is 0 Å². The fraction of sp³-hybridized carbons (Fsp3) is 0. The highest BCUT2D eigenvalue weighted by Gasteiger charge is 2.32. The second-order valence-electron chi connectivity index (χ2n) is 9.73. The zero-order valence-electron chi connectivity index (χ0n) is 21.3. The minimum absolute atomic E-state index is 0.493. The number of nitrogens with zero attached hydrogens (tertiary/aromatic N) is 4. The van der Waals surface area contributed by atoms with Crippen LogP contribution in [0.4, 0.5) is 5.82 Å². The van der Waals surface area contributed by atoms with Crippen molar-refractivity contribution < 1.29 is 4.21 Å². The average molecular weight is 535 g/mol. The van der Waals surface area contributed by atoms with E-state index in [1.807, 2.05) is 114 Å². The number of para-hydroxylation sites is 2. The highest BCUT2D eigenvalue weighted by molar-refractivity contribution is 7.94. The third-order valence-electron chi connectivity index (χ3n) is 7.42. The van der Waals surface area contributed by atoms with E-state index < -0.39 is 9.73 Å². The summed E-state index contributed by atoms with van der Waals surface area (Å²) in [6.07, 6.45) is 0. The van der Waals surface area contributed by atoms with Crippen LogP contribution in [0.1, 0.15) is 0 Å². The summed E-state index contributed by atoms with van der Waals surface area (Å²) in [5.41, 5.74) is 5.45. The molecule has 6 heteroatoms. The van der Waals surface area contributed by atoms with Crippen LogP contribution in [0.3, 0.4) is 0 Å². The van der Waals surface area contributed by atoms with Crippen molar-refractivity contribution in [3.05, 3.63) is 133 Å². The first-order valence-electron chi connectivity index (χ1n) is 13.1. The van der Waals surface area contributed by atoms with Crippen molar-refractivity contribution in [2.75, 3.05) is 0 Å². The van der Waals surface area contributed by atoms with Gasteiger partial charge in [-0.25, -0.2) is 14.2 Å². The molecule has 0 saturated heterocycles. The monoisotopic (exact) mass is 534 g/mol. The molecule has 1 aliphatic heterocycles. The Labute approximate surface area is 231 Å². The van der Waals surface area contributed by atoms with Gasteiger partial charge in [0.15, 0.2) is 5.82 Å². The first-order chi connectivity index (χ1) is 19.7. The van der Waals surface area contributed by atoms with Gasteiger partial charge in [-0.1, -0.05) is 103 Å². The lowest BCUT2D eigenvalue weighted by Gasteiger charge is -2.21. The molecule has 0 bridgehead atoms. The third kappa shape index (κ3) is 3.30. The number of aromatic nitrogens is 3. The molecule has 8 rings (SSSR count). The lowest BCUT2D eigenvalue weighted by Crippen LogP contribution is -2.09. The molecule has 0 saturated carbocycles. The van der Waals surface area contributed by atoms with Gasteiger partial charge in [0, 0.05) is 27.5 Å². The molecule has 1 atom stereocenters. The number of hydrogen-bond donors (Lipinski definition) is 0. The Hall–Kier alpha value is -5.07. The predicted molar refractivity (Wildman–Crippen MR) is 160 cm³/mol. The molecule has 5 aromatic carbocycles. The number of hydrogen-bond acceptors (Lipinski definition) is 4. The Balaban J connectivity index is 1.53. The first kappa shape index (κ1) is 22.9. The second-order valence-corrected chi connectivity index (χ2v) is 11.9. The summed E-state index contributed by atoms with van der Waals surface area (Å²) in [4.78, 5) is 11.6. The van der Waals surface area contributed by atoms with Gasteiger partial charge in [0.2, 0.25) is 5.95 Å². The maximum Gasteiger partial charge on any atom is 0.237 e. The average Bonchev–Trinajstić information content (AvgIpc) is 3.35. The van der Waals surface area contributed by atoms with Crippen molar-refractivity contribution in [3.8, 4) is 28.3 Å². The zero-order chi connectivity index (χ0) is 26.7. The molecule has 7 aromatic rings. The summed E-state index contributed by atoms with van der Waals surface area (Å²) in [6.45, 7) is 0. The van der Waals surface area contributed by atoms with Crippen molar-refractivity contribution in [2.24, 2.45) is 4.36 Å². The molecule has 3 heterocycles. The van der Waals surface area contributed by atoms with Gasteiger partial charge in [0.05, 0.1) is 26.5 Å². The van der Waals surface area contributed by atoms with Gasteiger partial charge in [-0.2, -0.15) is 4.36 Å². The Kier molecular flexibility index (Phi) is 4.99. The van der Waals surface area contributed by atoms with Crippen molar-refractivity contribution in [3.63, 3.8) is 0 Å². The molecule has 0 aliphatic carbocycles. The van der Waals surface area contributed by atoms with Crippen LogP contribution in [0.15, 0.2) is 148 Å². The van der Waals surface area contributed by atoms with E-state index in [2.05, 4.69) is 24.3 Å². The van der Waals surface area contributed by atoms with Crippen LogP contribution < -0.4 is 0 Å². The highest BCUT2D eigenvalue weighted by Crippen LogP contribution is 2.49. The van der Waals surface area contributed by atoms with Crippen molar-refractivity contribution in [1.82, 2.24) is 14.5 Å². The number of benzene rings is 5. The van der Waals surface area contributed by atoms with Crippen LogP contribution in [0, 0.1) is 0 Å². The third-order valence-corrected chi connectivity index (χ3v) is 9.71. The molecular weight excluding hydrogens is 512 g/mol. The standard InChI is InChI=1S/C34H22N4OS/c39-40(24-15-5-2-6-16-24)30-22-12-9-19-27(30)31-26-18-8-11-21-29(26)38(33(31)37-40)34-35-28-20-10-7-17-25(28)32(36-34)23-13-3-1-4-14-23/h1-22H. The van der Waals surface area contributed by atoms with Gasteiger partial charge < -0.3 is 0 Å². The summed E-state index contributed by atoms with van der Waals surface area (Å²) in [5.74, 6) is 1.09. The fourth-order valence-electron chi connectivity index (χ4n) is 5.63. The summed E-state index contributed by atoms with van der Waals surface area (Å²) < 4.78 is 22.0. The highest BCUT2D eigenvalue weighted by atomic mass is 32.2. The molecule has 0 fully saturated rings. The van der Waals surface area contributed by atoms with Crippen LogP contribution >= 0.6 is 0 Å². The van der Waals surface area contributed by atoms with Crippen molar-refractivity contribution >= 4 is 37.4 Å². The first-order valence-corrected chi connectivity index (χ1v) is 14.6. The van der Waals surface area contributed by atoms with E-state index in [1.165, 1.54) is 0 Å². The Bertz CT molecular complexity index is 2210. The molecule has 0 N–H and O–H groups in total. The van der Waals surface area contributed by atoms with Crippen LogP contribution in [0.5, 0.6) is 0 Å². The summed E-state index contributed by atoms with van der Waals surface area (Å²) in [6, 6.07) is 43.8. The van der Waals surface area contributed by atoms with Gasteiger partial charge in [-0.3, -0.25) is 4.57 Å². The Morgan fingerprint density at radius 2 is 1.25 bits per heavy atom. The van der Waals surface area contributed by atoms with Crippen molar-refractivity contribution in [1.29, 1.82) is 0 Å². The van der Waals surface area contributed by atoms with E-state index in [0.717, 1.165) is 49.1 Å².